The minimum atomic E-state index is -3.85. The zero-order valence-corrected chi connectivity index (χ0v) is 25.4. The summed E-state index contributed by atoms with van der Waals surface area (Å²) in [5.41, 5.74) is -0.781. The van der Waals surface area contributed by atoms with Gasteiger partial charge in [-0.15, -0.1) is 0 Å². The predicted molar refractivity (Wildman–Crippen MR) is 144 cm³/mol. The van der Waals surface area contributed by atoms with Gasteiger partial charge in [-0.05, 0) is 122 Å². The standard InChI is InChI=1S/C27H54N3O4P/c1-22(2)13-19(14-23(3,4)28-22)32-35(31,33-20-15-24(5,6)29-25(7,8)16-20)34-21-17-26(9,10)30-27(11,12)18-21/h19-21,28-30H,13-18H2,1-12H3. The van der Waals surface area contributed by atoms with Crippen LogP contribution in [0.5, 0.6) is 0 Å². The van der Waals surface area contributed by atoms with Gasteiger partial charge in [-0.3, -0.25) is 13.6 Å². The summed E-state index contributed by atoms with van der Waals surface area (Å²) >= 11 is 0. The SMILES string of the molecule is CC1(C)CC(OP(=O)(OC2CC(C)(C)NC(C)(C)C2)OC2CC(C)(C)NC(C)(C)C2)CC(C)(C)N1. The fourth-order valence-corrected chi connectivity index (χ4v) is 9.22. The molecule has 3 rings (SSSR count). The van der Waals surface area contributed by atoms with Gasteiger partial charge in [0.05, 0.1) is 18.3 Å². The van der Waals surface area contributed by atoms with Crippen LogP contribution in [0.25, 0.3) is 0 Å². The van der Waals surface area contributed by atoms with Gasteiger partial charge in [0.15, 0.2) is 0 Å². The molecular formula is C27H54N3O4P. The molecule has 8 heteroatoms. The molecule has 0 atom stereocenters. The van der Waals surface area contributed by atoms with Crippen molar-refractivity contribution in [1.29, 1.82) is 0 Å². The minimum Gasteiger partial charge on any atom is -0.307 e. The van der Waals surface area contributed by atoms with Crippen molar-refractivity contribution in [3.05, 3.63) is 0 Å². The Labute approximate surface area is 215 Å². The monoisotopic (exact) mass is 515 g/mol. The Bertz CT molecular complexity index is 669. The summed E-state index contributed by atoms with van der Waals surface area (Å²) in [7, 11) is -3.85. The van der Waals surface area contributed by atoms with E-state index >= 15 is 0 Å². The maximum absolute atomic E-state index is 14.6. The van der Waals surface area contributed by atoms with Gasteiger partial charge in [-0.25, -0.2) is 4.57 Å². The average molecular weight is 516 g/mol. The van der Waals surface area contributed by atoms with Crippen LogP contribution in [0.2, 0.25) is 0 Å². The van der Waals surface area contributed by atoms with Crippen molar-refractivity contribution in [1.82, 2.24) is 16.0 Å². The van der Waals surface area contributed by atoms with Gasteiger partial charge in [-0.1, -0.05) is 0 Å². The first kappa shape index (κ1) is 29.5. The molecule has 3 aliphatic heterocycles. The van der Waals surface area contributed by atoms with E-state index in [-0.39, 0.29) is 51.5 Å². The maximum Gasteiger partial charge on any atom is 0.475 e. The van der Waals surface area contributed by atoms with Crippen LogP contribution in [0.1, 0.15) is 122 Å². The molecule has 3 N–H and O–H groups in total. The normalized spacial score (nSPS) is 30.7. The molecule has 0 aromatic rings. The van der Waals surface area contributed by atoms with E-state index in [9.17, 15) is 4.57 Å². The third kappa shape index (κ3) is 8.77. The second-order valence-electron chi connectivity index (χ2n) is 15.5. The van der Waals surface area contributed by atoms with E-state index < -0.39 is 7.82 Å². The number of phosphoric ester groups is 1. The number of nitrogens with one attached hydrogen (secondary N) is 3. The highest BCUT2D eigenvalue weighted by molar-refractivity contribution is 7.48. The molecule has 3 fully saturated rings. The summed E-state index contributed by atoms with van der Waals surface area (Å²) in [6, 6.07) is 0. The Morgan fingerprint density at radius 2 is 0.629 bits per heavy atom. The van der Waals surface area contributed by atoms with E-state index in [0.29, 0.717) is 0 Å². The highest BCUT2D eigenvalue weighted by Gasteiger charge is 2.48. The third-order valence-corrected chi connectivity index (χ3v) is 8.96. The summed E-state index contributed by atoms with van der Waals surface area (Å²) in [4.78, 5) is 0. The van der Waals surface area contributed by atoms with Crippen LogP contribution < -0.4 is 16.0 Å². The third-order valence-electron chi connectivity index (χ3n) is 7.29. The topological polar surface area (TPSA) is 80.9 Å². The minimum absolute atomic E-state index is 0.130. The lowest BCUT2D eigenvalue weighted by Gasteiger charge is -2.49. The van der Waals surface area contributed by atoms with Crippen LogP contribution in [-0.4, -0.2) is 51.5 Å². The van der Waals surface area contributed by atoms with Crippen molar-refractivity contribution in [3.8, 4) is 0 Å². The van der Waals surface area contributed by atoms with E-state index in [2.05, 4.69) is 99.0 Å². The van der Waals surface area contributed by atoms with E-state index in [1.54, 1.807) is 0 Å². The van der Waals surface area contributed by atoms with Crippen LogP contribution in [0, 0.1) is 0 Å². The van der Waals surface area contributed by atoms with Crippen molar-refractivity contribution in [2.24, 2.45) is 0 Å². The molecule has 206 valence electrons. The van der Waals surface area contributed by atoms with Crippen molar-refractivity contribution in [2.75, 3.05) is 0 Å². The van der Waals surface area contributed by atoms with Gasteiger partial charge in [0, 0.05) is 33.2 Å². The van der Waals surface area contributed by atoms with Gasteiger partial charge >= 0.3 is 7.82 Å². The van der Waals surface area contributed by atoms with Crippen molar-refractivity contribution in [2.45, 2.75) is 173 Å². The molecule has 0 saturated carbocycles. The quantitative estimate of drug-likeness (QED) is 0.370. The fraction of sp³-hybridized carbons (Fsp3) is 1.00. The van der Waals surface area contributed by atoms with Crippen LogP contribution in [-0.2, 0) is 18.1 Å². The summed E-state index contributed by atoms with van der Waals surface area (Å²) < 4.78 is 33.9. The van der Waals surface area contributed by atoms with E-state index in [0.717, 1.165) is 38.5 Å². The lowest BCUT2D eigenvalue weighted by atomic mass is 9.81. The number of hydrogen-bond donors (Lipinski definition) is 3. The second-order valence-corrected chi connectivity index (χ2v) is 17.1. The number of hydrogen-bond acceptors (Lipinski definition) is 7. The van der Waals surface area contributed by atoms with Crippen molar-refractivity contribution < 1.29 is 18.1 Å². The first-order chi connectivity index (χ1) is 15.5. The number of piperidine rings is 3. The summed E-state index contributed by atoms with van der Waals surface area (Å²) in [5, 5.41) is 11.1. The van der Waals surface area contributed by atoms with E-state index in [1.165, 1.54) is 0 Å². The summed E-state index contributed by atoms with van der Waals surface area (Å²) in [6.07, 6.45) is 3.87. The van der Waals surface area contributed by atoms with E-state index in [4.69, 9.17) is 13.6 Å². The molecular weight excluding hydrogens is 461 g/mol. The Morgan fingerprint density at radius 3 is 0.800 bits per heavy atom. The van der Waals surface area contributed by atoms with Gasteiger partial charge in [-0.2, -0.15) is 0 Å². The van der Waals surface area contributed by atoms with Gasteiger partial charge in [0.1, 0.15) is 0 Å². The van der Waals surface area contributed by atoms with Crippen LogP contribution >= 0.6 is 7.82 Å². The highest BCUT2D eigenvalue weighted by Crippen LogP contribution is 2.57. The van der Waals surface area contributed by atoms with Crippen LogP contribution in [0.3, 0.4) is 0 Å². The molecule has 0 bridgehead atoms. The van der Waals surface area contributed by atoms with Crippen LogP contribution in [0.15, 0.2) is 0 Å². The molecule has 0 aromatic carbocycles. The molecule has 0 spiro atoms. The average Bonchev–Trinajstić information content (AvgIpc) is 2.43. The largest absolute Gasteiger partial charge is 0.475 e. The molecule has 0 aromatic heterocycles. The Hall–Kier alpha value is -0.0100. The molecule has 0 radical (unpaired) electrons. The molecule has 3 aliphatic rings. The zero-order chi connectivity index (χ0) is 26.7. The smallest absolute Gasteiger partial charge is 0.307 e. The first-order valence-electron chi connectivity index (χ1n) is 13.5. The van der Waals surface area contributed by atoms with Gasteiger partial charge < -0.3 is 16.0 Å². The van der Waals surface area contributed by atoms with E-state index in [1.807, 2.05) is 0 Å². The fourth-order valence-electron chi connectivity index (χ4n) is 7.53. The number of rotatable bonds is 6. The summed E-state index contributed by atoms with van der Waals surface area (Å²) in [6.45, 7) is 26.1. The Balaban J connectivity index is 1.87. The molecule has 3 saturated heterocycles. The zero-order valence-electron chi connectivity index (χ0n) is 24.6. The Morgan fingerprint density at radius 1 is 0.457 bits per heavy atom. The molecule has 35 heavy (non-hydrogen) atoms. The second kappa shape index (κ2) is 9.32. The lowest BCUT2D eigenvalue weighted by Crippen LogP contribution is -2.60. The highest BCUT2D eigenvalue weighted by atomic mass is 31.2. The maximum atomic E-state index is 14.6. The lowest BCUT2D eigenvalue weighted by molar-refractivity contribution is -0.0388. The predicted octanol–water partition coefficient (Wildman–Crippen LogP) is 6.07. The van der Waals surface area contributed by atoms with Gasteiger partial charge in [0.2, 0.25) is 0 Å². The molecule has 0 unspecified atom stereocenters. The van der Waals surface area contributed by atoms with Crippen molar-refractivity contribution >= 4 is 7.82 Å². The van der Waals surface area contributed by atoms with Crippen molar-refractivity contribution in [3.63, 3.8) is 0 Å². The van der Waals surface area contributed by atoms with Gasteiger partial charge in [0.25, 0.3) is 0 Å². The molecule has 7 nitrogen and oxygen atoms in total. The molecule has 0 aliphatic carbocycles. The molecule has 0 amide bonds. The summed E-state index contributed by atoms with van der Waals surface area (Å²) in [5.74, 6) is 0. The number of phosphoric acid groups is 1. The molecule has 3 heterocycles. The first-order valence-corrected chi connectivity index (χ1v) is 15.0. The van der Waals surface area contributed by atoms with Crippen LogP contribution in [0.4, 0.5) is 0 Å². The Kier molecular flexibility index (Phi) is 7.87.